The molecule has 2 unspecified atom stereocenters. The third kappa shape index (κ3) is 5.27. The van der Waals surface area contributed by atoms with Crippen molar-refractivity contribution in [3.63, 3.8) is 0 Å². The normalized spacial score (nSPS) is 15.6. The minimum atomic E-state index is -0.302. The average molecular weight is 331 g/mol. The Kier molecular flexibility index (Phi) is 5.63. The van der Waals surface area contributed by atoms with Gasteiger partial charge in [0.1, 0.15) is 0 Å². The molecule has 0 saturated heterocycles. The van der Waals surface area contributed by atoms with Gasteiger partial charge in [0, 0.05) is 13.5 Å². The molecule has 1 aromatic heterocycles. The van der Waals surface area contributed by atoms with Crippen LogP contribution >= 0.6 is 15.9 Å². The molecule has 0 amide bonds. The number of hydrogen-bond acceptors (Lipinski definition) is 2. The van der Waals surface area contributed by atoms with Crippen molar-refractivity contribution in [3.8, 4) is 0 Å². The molecule has 0 aromatic carbocycles. The SMILES string of the molecule is Cc1nn(C)c(CC(O)CC(C)CC(C)(C)C)c1Br. The number of nitrogens with zero attached hydrogens (tertiary/aromatic N) is 2. The number of aliphatic hydroxyl groups is 1. The van der Waals surface area contributed by atoms with E-state index in [1.54, 1.807) is 0 Å². The summed E-state index contributed by atoms with van der Waals surface area (Å²) in [5, 5.41) is 14.6. The monoisotopic (exact) mass is 330 g/mol. The van der Waals surface area contributed by atoms with Crippen molar-refractivity contribution in [2.45, 2.75) is 60.0 Å². The van der Waals surface area contributed by atoms with Gasteiger partial charge < -0.3 is 5.11 Å². The summed E-state index contributed by atoms with van der Waals surface area (Å²) in [6.45, 7) is 10.9. The van der Waals surface area contributed by atoms with Crippen LogP contribution in [0.2, 0.25) is 0 Å². The maximum atomic E-state index is 10.3. The summed E-state index contributed by atoms with van der Waals surface area (Å²) >= 11 is 3.55. The summed E-state index contributed by atoms with van der Waals surface area (Å²) in [6, 6.07) is 0. The van der Waals surface area contributed by atoms with E-state index in [0.717, 1.165) is 28.7 Å². The molecule has 0 aliphatic heterocycles. The highest BCUT2D eigenvalue weighted by molar-refractivity contribution is 9.10. The lowest BCUT2D eigenvalue weighted by molar-refractivity contribution is 0.131. The lowest BCUT2D eigenvalue weighted by Crippen LogP contribution is -2.20. The van der Waals surface area contributed by atoms with Gasteiger partial charge in [-0.2, -0.15) is 5.10 Å². The van der Waals surface area contributed by atoms with Crippen molar-refractivity contribution in [2.24, 2.45) is 18.4 Å². The van der Waals surface area contributed by atoms with Crippen LogP contribution < -0.4 is 0 Å². The molecule has 19 heavy (non-hydrogen) atoms. The number of aryl methyl sites for hydroxylation is 2. The van der Waals surface area contributed by atoms with Crippen molar-refractivity contribution in [1.82, 2.24) is 9.78 Å². The fourth-order valence-electron chi connectivity index (χ4n) is 2.80. The minimum absolute atomic E-state index is 0.302. The largest absolute Gasteiger partial charge is 0.393 e. The second kappa shape index (κ2) is 6.40. The Bertz CT molecular complexity index is 421. The minimum Gasteiger partial charge on any atom is -0.393 e. The van der Waals surface area contributed by atoms with Gasteiger partial charge in [0.25, 0.3) is 0 Å². The summed E-state index contributed by atoms with van der Waals surface area (Å²) < 4.78 is 2.88. The molecule has 4 heteroatoms. The predicted molar refractivity (Wildman–Crippen MR) is 83.2 cm³/mol. The molecule has 1 aromatic rings. The highest BCUT2D eigenvalue weighted by atomic mass is 79.9. The van der Waals surface area contributed by atoms with Gasteiger partial charge in [0.15, 0.2) is 0 Å². The van der Waals surface area contributed by atoms with Crippen LogP contribution in [0, 0.1) is 18.3 Å². The Morgan fingerprint density at radius 3 is 2.37 bits per heavy atom. The van der Waals surface area contributed by atoms with Gasteiger partial charge in [0.2, 0.25) is 0 Å². The van der Waals surface area contributed by atoms with Gasteiger partial charge in [-0.05, 0) is 47.0 Å². The van der Waals surface area contributed by atoms with E-state index in [1.165, 1.54) is 0 Å². The Balaban J connectivity index is 2.58. The van der Waals surface area contributed by atoms with Crippen LogP contribution in [0.15, 0.2) is 4.47 Å². The van der Waals surface area contributed by atoms with Crippen LogP contribution in [0.5, 0.6) is 0 Å². The van der Waals surface area contributed by atoms with E-state index in [2.05, 4.69) is 48.7 Å². The smallest absolute Gasteiger partial charge is 0.0738 e. The van der Waals surface area contributed by atoms with Crippen molar-refractivity contribution < 1.29 is 5.11 Å². The Labute approximate surface area is 125 Å². The molecular formula is C15H27BrN2O. The Morgan fingerprint density at radius 2 is 1.95 bits per heavy atom. The van der Waals surface area contributed by atoms with E-state index in [9.17, 15) is 5.11 Å². The molecule has 0 aliphatic rings. The molecule has 2 atom stereocenters. The molecule has 3 nitrogen and oxygen atoms in total. The summed E-state index contributed by atoms with van der Waals surface area (Å²) in [5.41, 5.74) is 2.38. The van der Waals surface area contributed by atoms with Crippen LogP contribution in [0.4, 0.5) is 0 Å². The van der Waals surface area contributed by atoms with E-state index in [1.807, 2.05) is 18.7 Å². The van der Waals surface area contributed by atoms with E-state index >= 15 is 0 Å². The summed E-state index contributed by atoms with van der Waals surface area (Å²) in [7, 11) is 1.93. The first-order valence-electron chi connectivity index (χ1n) is 6.96. The fourth-order valence-corrected chi connectivity index (χ4v) is 3.30. The molecule has 0 spiro atoms. The highest BCUT2D eigenvalue weighted by Crippen LogP contribution is 2.28. The molecule has 0 bridgehead atoms. The number of halogens is 1. The van der Waals surface area contributed by atoms with Crippen LogP contribution in [-0.2, 0) is 13.5 Å². The maximum Gasteiger partial charge on any atom is 0.0738 e. The quantitative estimate of drug-likeness (QED) is 0.890. The third-order valence-electron chi connectivity index (χ3n) is 3.33. The number of rotatable bonds is 5. The Morgan fingerprint density at radius 1 is 1.37 bits per heavy atom. The van der Waals surface area contributed by atoms with E-state index < -0.39 is 0 Å². The topological polar surface area (TPSA) is 38.0 Å². The molecule has 1 heterocycles. The highest BCUT2D eigenvalue weighted by Gasteiger charge is 2.20. The van der Waals surface area contributed by atoms with Gasteiger partial charge in [-0.1, -0.05) is 27.7 Å². The summed E-state index contributed by atoms with van der Waals surface area (Å²) in [6.07, 6.45) is 2.33. The number of aromatic nitrogens is 2. The van der Waals surface area contributed by atoms with Gasteiger partial charge >= 0.3 is 0 Å². The first-order valence-corrected chi connectivity index (χ1v) is 7.75. The van der Waals surface area contributed by atoms with E-state index in [-0.39, 0.29) is 6.10 Å². The molecule has 0 radical (unpaired) electrons. The fraction of sp³-hybridized carbons (Fsp3) is 0.800. The van der Waals surface area contributed by atoms with Gasteiger partial charge in [-0.15, -0.1) is 0 Å². The molecule has 0 fully saturated rings. The van der Waals surface area contributed by atoms with Crippen molar-refractivity contribution in [3.05, 3.63) is 15.9 Å². The number of aliphatic hydroxyl groups excluding tert-OH is 1. The summed E-state index contributed by atoms with van der Waals surface area (Å²) in [4.78, 5) is 0. The van der Waals surface area contributed by atoms with Crippen LogP contribution in [0.1, 0.15) is 51.9 Å². The summed E-state index contributed by atoms with van der Waals surface area (Å²) in [5.74, 6) is 0.531. The van der Waals surface area contributed by atoms with Crippen LogP contribution in [0.25, 0.3) is 0 Å². The van der Waals surface area contributed by atoms with E-state index in [4.69, 9.17) is 0 Å². The van der Waals surface area contributed by atoms with Crippen molar-refractivity contribution in [2.75, 3.05) is 0 Å². The molecule has 0 saturated carbocycles. The third-order valence-corrected chi connectivity index (χ3v) is 4.36. The second-order valence-corrected chi connectivity index (χ2v) is 7.73. The van der Waals surface area contributed by atoms with Crippen molar-refractivity contribution >= 4 is 15.9 Å². The second-order valence-electron chi connectivity index (χ2n) is 6.93. The number of hydrogen-bond donors (Lipinski definition) is 1. The standard InChI is InChI=1S/C15H27BrN2O/c1-10(9-15(3,4)5)7-12(19)8-13-14(16)11(2)17-18(13)6/h10,12,19H,7-9H2,1-6H3. The predicted octanol–water partition coefficient (Wildman–Crippen LogP) is 3.86. The van der Waals surface area contributed by atoms with Crippen LogP contribution in [0.3, 0.4) is 0 Å². The van der Waals surface area contributed by atoms with E-state index in [0.29, 0.717) is 17.8 Å². The molecule has 0 aliphatic carbocycles. The zero-order chi connectivity index (χ0) is 14.8. The van der Waals surface area contributed by atoms with Crippen molar-refractivity contribution in [1.29, 1.82) is 0 Å². The lowest BCUT2D eigenvalue weighted by atomic mass is 9.83. The molecule has 1 N–H and O–H groups in total. The average Bonchev–Trinajstić information content (AvgIpc) is 2.42. The molecule has 110 valence electrons. The van der Waals surface area contributed by atoms with Gasteiger partial charge in [-0.25, -0.2) is 0 Å². The van der Waals surface area contributed by atoms with Gasteiger partial charge in [-0.3, -0.25) is 4.68 Å². The first-order chi connectivity index (χ1) is 8.60. The molecule has 1 rings (SSSR count). The first kappa shape index (κ1) is 16.7. The molecular weight excluding hydrogens is 304 g/mol. The zero-order valence-corrected chi connectivity index (χ0v) is 14.6. The zero-order valence-electron chi connectivity index (χ0n) is 13.0. The van der Waals surface area contributed by atoms with Crippen LogP contribution in [-0.4, -0.2) is 21.0 Å². The maximum absolute atomic E-state index is 10.3. The van der Waals surface area contributed by atoms with Gasteiger partial charge in [0.05, 0.1) is 22.0 Å². The Hall–Kier alpha value is -0.350. The lowest BCUT2D eigenvalue weighted by Gasteiger charge is -2.25.